The minimum absolute atomic E-state index is 0.0666. The van der Waals surface area contributed by atoms with E-state index in [4.69, 9.17) is 14.6 Å². The van der Waals surface area contributed by atoms with Crippen molar-refractivity contribution in [2.75, 3.05) is 20.3 Å². The molecule has 0 radical (unpaired) electrons. The zero-order valence-corrected chi connectivity index (χ0v) is 17.3. The Morgan fingerprint density at radius 3 is 2.29 bits per heavy atom. The summed E-state index contributed by atoms with van der Waals surface area (Å²) in [6, 6.07) is 11.7. The van der Waals surface area contributed by atoms with E-state index in [1.165, 1.54) is 30.9 Å². The molecule has 0 aromatic heterocycles. The molecule has 0 unspecified atom stereocenters. The number of carbonyl (C=O) groups excluding carboxylic acids is 1. The maximum atomic E-state index is 12.4. The molecule has 0 saturated carbocycles. The number of primary sulfonamides is 1. The topological polar surface area (TPSA) is 108 Å². The molecule has 0 fully saturated rings. The molecule has 0 saturated heterocycles. The molecule has 0 spiro atoms. The molecule has 7 nitrogen and oxygen atoms in total. The molecule has 0 aliphatic carbocycles. The first-order valence-corrected chi connectivity index (χ1v) is 10.3. The van der Waals surface area contributed by atoms with E-state index in [2.05, 4.69) is 26.1 Å². The fourth-order valence-corrected chi connectivity index (χ4v) is 3.06. The molecule has 0 aliphatic rings. The molecular weight excluding hydrogens is 380 g/mol. The van der Waals surface area contributed by atoms with E-state index in [1.54, 1.807) is 0 Å². The molecule has 2 aromatic carbocycles. The average molecular weight is 407 g/mol. The van der Waals surface area contributed by atoms with Gasteiger partial charge in [-0.15, -0.1) is 0 Å². The van der Waals surface area contributed by atoms with Gasteiger partial charge in [-0.3, -0.25) is 4.79 Å². The SMILES string of the molecule is COc1ccc(S(N)(=O)=O)cc1C(=O)NCCOc1ccc(C(C)(C)C)cc1. The largest absolute Gasteiger partial charge is 0.496 e. The first-order valence-electron chi connectivity index (χ1n) is 8.75. The number of nitrogens with two attached hydrogens (primary N) is 1. The van der Waals surface area contributed by atoms with Crippen LogP contribution in [0.3, 0.4) is 0 Å². The number of ether oxygens (including phenoxy) is 2. The summed E-state index contributed by atoms with van der Waals surface area (Å²) < 4.78 is 33.7. The van der Waals surface area contributed by atoms with Crippen molar-refractivity contribution < 1.29 is 22.7 Å². The number of amides is 1. The maximum absolute atomic E-state index is 12.4. The lowest BCUT2D eigenvalue weighted by Crippen LogP contribution is -2.28. The van der Waals surface area contributed by atoms with Crippen molar-refractivity contribution in [2.24, 2.45) is 5.14 Å². The van der Waals surface area contributed by atoms with Gasteiger partial charge in [-0.2, -0.15) is 0 Å². The van der Waals surface area contributed by atoms with Crippen LogP contribution < -0.4 is 19.9 Å². The van der Waals surface area contributed by atoms with E-state index in [0.717, 1.165) is 0 Å². The Kier molecular flexibility index (Phi) is 6.69. The molecular formula is C20H26N2O5S. The number of hydrogen-bond donors (Lipinski definition) is 2. The molecule has 1 amide bonds. The first kappa shape index (κ1) is 21.7. The minimum atomic E-state index is -3.92. The highest BCUT2D eigenvalue weighted by Gasteiger charge is 2.17. The predicted molar refractivity (Wildman–Crippen MR) is 107 cm³/mol. The van der Waals surface area contributed by atoms with E-state index in [9.17, 15) is 13.2 Å². The van der Waals surface area contributed by atoms with Gasteiger partial charge in [0.1, 0.15) is 18.1 Å². The van der Waals surface area contributed by atoms with Crippen molar-refractivity contribution >= 4 is 15.9 Å². The van der Waals surface area contributed by atoms with Gasteiger partial charge >= 0.3 is 0 Å². The monoisotopic (exact) mass is 406 g/mol. The highest BCUT2D eigenvalue weighted by atomic mass is 32.2. The van der Waals surface area contributed by atoms with Crippen molar-refractivity contribution in [3.05, 3.63) is 53.6 Å². The Balaban J connectivity index is 1.95. The number of benzene rings is 2. The van der Waals surface area contributed by atoms with Gasteiger partial charge in [0.2, 0.25) is 10.0 Å². The molecule has 2 rings (SSSR count). The van der Waals surface area contributed by atoms with Gasteiger partial charge in [0.05, 0.1) is 24.1 Å². The van der Waals surface area contributed by atoms with E-state index < -0.39 is 15.9 Å². The number of carbonyl (C=O) groups is 1. The zero-order valence-electron chi connectivity index (χ0n) is 16.5. The molecule has 0 heterocycles. The molecule has 8 heteroatoms. The summed E-state index contributed by atoms with van der Waals surface area (Å²) in [5.74, 6) is 0.480. The van der Waals surface area contributed by atoms with Crippen molar-refractivity contribution in [3.63, 3.8) is 0 Å². The van der Waals surface area contributed by atoms with Crippen LogP contribution >= 0.6 is 0 Å². The fourth-order valence-electron chi connectivity index (χ4n) is 2.52. The Morgan fingerprint density at radius 2 is 1.75 bits per heavy atom. The van der Waals surface area contributed by atoms with Crippen LogP contribution in [0, 0.1) is 0 Å². The number of rotatable bonds is 7. The second kappa shape index (κ2) is 8.62. The van der Waals surface area contributed by atoms with E-state index in [0.29, 0.717) is 5.75 Å². The van der Waals surface area contributed by atoms with Crippen molar-refractivity contribution in [2.45, 2.75) is 31.1 Å². The Morgan fingerprint density at radius 1 is 1.11 bits per heavy atom. The summed E-state index contributed by atoms with van der Waals surface area (Å²) in [5, 5.41) is 7.80. The summed E-state index contributed by atoms with van der Waals surface area (Å²) in [5.41, 5.74) is 1.36. The van der Waals surface area contributed by atoms with Gasteiger partial charge < -0.3 is 14.8 Å². The van der Waals surface area contributed by atoms with Crippen LogP contribution in [0.15, 0.2) is 47.4 Å². The van der Waals surface area contributed by atoms with E-state index in [-0.39, 0.29) is 34.8 Å². The quantitative estimate of drug-likeness (QED) is 0.687. The second-order valence-electron chi connectivity index (χ2n) is 7.29. The summed E-state index contributed by atoms with van der Waals surface area (Å²) in [6.45, 7) is 6.91. The van der Waals surface area contributed by atoms with Gasteiger partial charge in [-0.1, -0.05) is 32.9 Å². The summed E-state index contributed by atoms with van der Waals surface area (Å²) >= 11 is 0. The van der Waals surface area contributed by atoms with Crippen molar-refractivity contribution in [3.8, 4) is 11.5 Å². The smallest absolute Gasteiger partial charge is 0.255 e. The summed E-state index contributed by atoms with van der Waals surface area (Å²) in [7, 11) is -2.52. The number of methoxy groups -OCH3 is 1. The average Bonchev–Trinajstić information content (AvgIpc) is 2.63. The van der Waals surface area contributed by atoms with E-state index in [1.807, 2.05) is 24.3 Å². The van der Waals surface area contributed by atoms with Crippen LogP contribution in [0.5, 0.6) is 11.5 Å². The number of hydrogen-bond acceptors (Lipinski definition) is 5. The minimum Gasteiger partial charge on any atom is -0.496 e. The van der Waals surface area contributed by atoms with Gasteiger partial charge in [-0.25, -0.2) is 13.6 Å². The molecule has 2 aromatic rings. The Labute approximate surface area is 165 Å². The third-order valence-corrected chi connectivity index (χ3v) is 5.03. The van der Waals surface area contributed by atoms with Crippen LogP contribution in [-0.2, 0) is 15.4 Å². The van der Waals surface area contributed by atoms with Crippen molar-refractivity contribution in [1.82, 2.24) is 5.32 Å². The highest BCUT2D eigenvalue weighted by molar-refractivity contribution is 7.89. The van der Waals surface area contributed by atoms with Crippen LogP contribution in [0.2, 0.25) is 0 Å². The molecule has 28 heavy (non-hydrogen) atoms. The van der Waals surface area contributed by atoms with Crippen LogP contribution in [-0.4, -0.2) is 34.6 Å². The Bertz CT molecular complexity index is 932. The third kappa shape index (κ3) is 5.71. The predicted octanol–water partition coefficient (Wildman–Crippen LogP) is 2.45. The lowest BCUT2D eigenvalue weighted by molar-refractivity contribution is 0.0943. The summed E-state index contributed by atoms with van der Waals surface area (Å²) in [4.78, 5) is 12.2. The normalized spacial score (nSPS) is 11.8. The lowest BCUT2D eigenvalue weighted by Gasteiger charge is -2.19. The van der Waals surface area contributed by atoms with Crippen LogP contribution in [0.25, 0.3) is 0 Å². The third-order valence-electron chi connectivity index (χ3n) is 4.12. The Hall–Kier alpha value is -2.58. The molecule has 0 atom stereocenters. The van der Waals surface area contributed by atoms with E-state index >= 15 is 0 Å². The fraction of sp³-hybridized carbons (Fsp3) is 0.350. The summed E-state index contributed by atoms with van der Waals surface area (Å²) in [6.07, 6.45) is 0. The van der Waals surface area contributed by atoms with Crippen LogP contribution in [0.1, 0.15) is 36.7 Å². The molecule has 0 bridgehead atoms. The molecule has 152 valence electrons. The second-order valence-corrected chi connectivity index (χ2v) is 8.85. The number of sulfonamides is 1. The zero-order chi connectivity index (χ0) is 20.9. The van der Waals surface area contributed by atoms with Crippen molar-refractivity contribution in [1.29, 1.82) is 0 Å². The first-order chi connectivity index (χ1) is 13.0. The standard InChI is InChI=1S/C20H26N2O5S/c1-20(2,3)14-5-7-15(8-6-14)27-12-11-22-19(23)17-13-16(28(21,24)25)9-10-18(17)26-4/h5-10,13H,11-12H2,1-4H3,(H,22,23)(H2,21,24,25). The number of nitrogens with one attached hydrogen (secondary N) is 1. The van der Waals surface area contributed by atoms with Crippen LogP contribution in [0.4, 0.5) is 0 Å². The van der Waals surface area contributed by atoms with Gasteiger partial charge in [0.15, 0.2) is 0 Å². The van der Waals surface area contributed by atoms with Gasteiger partial charge in [0, 0.05) is 0 Å². The lowest BCUT2D eigenvalue weighted by atomic mass is 9.87. The maximum Gasteiger partial charge on any atom is 0.255 e. The van der Waals surface area contributed by atoms with Gasteiger partial charge in [0.25, 0.3) is 5.91 Å². The molecule has 0 aliphatic heterocycles. The molecule has 3 N–H and O–H groups in total. The van der Waals surface area contributed by atoms with Gasteiger partial charge in [-0.05, 0) is 41.3 Å². The highest BCUT2D eigenvalue weighted by Crippen LogP contribution is 2.24.